The molecule has 0 saturated carbocycles. The van der Waals surface area contributed by atoms with Crippen LogP contribution in [-0.2, 0) is 9.59 Å². The van der Waals surface area contributed by atoms with Crippen molar-refractivity contribution in [3.05, 3.63) is 48.0 Å². The summed E-state index contributed by atoms with van der Waals surface area (Å²) < 4.78 is 0. The number of benzene rings is 1. The fourth-order valence-electron chi connectivity index (χ4n) is 2.47. The smallest absolute Gasteiger partial charge is 0.243 e. The molecular weight excluding hydrogens is 266 g/mol. The van der Waals surface area contributed by atoms with Gasteiger partial charge in [0.1, 0.15) is 6.04 Å². The van der Waals surface area contributed by atoms with Crippen LogP contribution in [0.2, 0.25) is 0 Å². The predicted molar refractivity (Wildman–Crippen MR) is 81.3 cm³/mol. The molecule has 0 spiro atoms. The van der Waals surface area contributed by atoms with Gasteiger partial charge in [0.2, 0.25) is 11.8 Å². The average molecular weight is 287 g/mol. The monoisotopic (exact) mass is 287 g/mol. The number of nitrogens with two attached hydrogens (primary N) is 1. The van der Waals surface area contributed by atoms with Gasteiger partial charge in [0.05, 0.1) is 12.1 Å². The number of rotatable bonds is 4. The second kappa shape index (κ2) is 6.54. The van der Waals surface area contributed by atoms with Crippen LogP contribution in [0, 0.1) is 0 Å². The van der Waals surface area contributed by atoms with Crippen LogP contribution in [0.25, 0.3) is 0 Å². The second-order valence-corrected chi connectivity index (χ2v) is 5.31. The predicted octanol–water partition coefficient (Wildman–Crippen LogP) is 0.978. The zero-order chi connectivity index (χ0) is 15.4. The molecule has 3 atom stereocenters. The number of likely N-dealkylation sites (N-methyl/N-ethyl adjacent to an activating group) is 1. The van der Waals surface area contributed by atoms with Gasteiger partial charge >= 0.3 is 0 Å². The molecule has 112 valence electrons. The molecular formula is C16H21N3O2. The highest BCUT2D eigenvalue weighted by Gasteiger charge is 2.29. The van der Waals surface area contributed by atoms with Gasteiger partial charge in [0.25, 0.3) is 0 Å². The number of nitrogens with one attached hydrogen (secondary N) is 1. The zero-order valence-corrected chi connectivity index (χ0v) is 12.3. The molecule has 5 nitrogen and oxygen atoms in total. The van der Waals surface area contributed by atoms with E-state index in [4.69, 9.17) is 5.73 Å². The van der Waals surface area contributed by atoms with E-state index in [1.54, 1.807) is 24.9 Å². The molecule has 1 aromatic carbocycles. The molecule has 2 amide bonds. The van der Waals surface area contributed by atoms with Gasteiger partial charge in [0, 0.05) is 7.05 Å². The summed E-state index contributed by atoms with van der Waals surface area (Å²) >= 11 is 0. The molecule has 0 aliphatic carbocycles. The Kier molecular flexibility index (Phi) is 4.75. The molecule has 0 saturated heterocycles. The summed E-state index contributed by atoms with van der Waals surface area (Å²) in [6.45, 7) is 1.66. The number of primary amides is 1. The van der Waals surface area contributed by atoms with E-state index in [1.807, 2.05) is 36.4 Å². The first-order valence-electron chi connectivity index (χ1n) is 7.04. The summed E-state index contributed by atoms with van der Waals surface area (Å²) in [5.41, 5.74) is 6.34. The normalized spacial score (nSPS) is 23.7. The van der Waals surface area contributed by atoms with E-state index in [0.29, 0.717) is 0 Å². The summed E-state index contributed by atoms with van der Waals surface area (Å²) in [6.07, 6.45) is 4.53. The molecule has 0 bridgehead atoms. The topological polar surface area (TPSA) is 75.4 Å². The van der Waals surface area contributed by atoms with Crippen molar-refractivity contribution in [2.45, 2.75) is 31.5 Å². The molecule has 0 fully saturated rings. The van der Waals surface area contributed by atoms with Crippen molar-refractivity contribution in [1.82, 2.24) is 10.2 Å². The van der Waals surface area contributed by atoms with Crippen molar-refractivity contribution < 1.29 is 9.59 Å². The van der Waals surface area contributed by atoms with Crippen LogP contribution in [0.3, 0.4) is 0 Å². The maximum atomic E-state index is 12.5. The van der Waals surface area contributed by atoms with E-state index in [-0.39, 0.29) is 11.9 Å². The zero-order valence-electron chi connectivity index (χ0n) is 12.3. The Morgan fingerprint density at radius 3 is 2.67 bits per heavy atom. The van der Waals surface area contributed by atoms with Crippen molar-refractivity contribution in [3.8, 4) is 0 Å². The standard InChI is InChI=1S/C16H21N3O2/c1-11(15(17)20)18-13-9-6-10-14(19(2)16(13)21)12-7-4-3-5-8-12/h3-9,11,13-14,18H,10H2,1-2H3,(H2,17,20)/t11-,13-,14-/m0/s1. The average Bonchev–Trinajstić information content (AvgIpc) is 2.61. The summed E-state index contributed by atoms with van der Waals surface area (Å²) in [7, 11) is 1.79. The minimum absolute atomic E-state index is 0.00522. The third-order valence-corrected chi connectivity index (χ3v) is 3.81. The first kappa shape index (κ1) is 15.3. The molecule has 0 aromatic heterocycles. The van der Waals surface area contributed by atoms with Crippen LogP contribution >= 0.6 is 0 Å². The largest absolute Gasteiger partial charge is 0.368 e. The lowest BCUT2D eigenvalue weighted by atomic mass is 10.0. The van der Waals surface area contributed by atoms with Gasteiger partial charge in [-0.2, -0.15) is 0 Å². The number of hydrogen-bond donors (Lipinski definition) is 2. The van der Waals surface area contributed by atoms with E-state index in [9.17, 15) is 9.59 Å². The second-order valence-electron chi connectivity index (χ2n) is 5.31. The minimum Gasteiger partial charge on any atom is -0.368 e. The van der Waals surface area contributed by atoms with Gasteiger partial charge in [-0.05, 0) is 18.9 Å². The number of nitrogens with zero attached hydrogens (tertiary/aromatic N) is 1. The molecule has 3 N–H and O–H groups in total. The summed E-state index contributed by atoms with van der Waals surface area (Å²) in [6, 6.07) is 8.85. The SMILES string of the molecule is C[C@H](N[C@H]1C=CC[C@@H](c2ccccc2)N(C)C1=O)C(N)=O. The lowest BCUT2D eigenvalue weighted by molar-refractivity contribution is -0.133. The van der Waals surface area contributed by atoms with Crippen LogP contribution in [-0.4, -0.2) is 35.8 Å². The molecule has 21 heavy (non-hydrogen) atoms. The summed E-state index contributed by atoms with van der Waals surface area (Å²) in [5.74, 6) is -0.534. The highest BCUT2D eigenvalue weighted by atomic mass is 16.2. The molecule has 1 heterocycles. The van der Waals surface area contributed by atoms with E-state index in [1.165, 1.54) is 0 Å². The fourth-order valence-corrected chi connectivity index (χ4v) is 2.47. The number of carbonyl (C=O) groups is 2. The maximum absolute atomic E-state index is 12.5. The Labute approximate surface area is 124 Å². The van der Waals surface area contributed by atoms with E-state index < -0.39 is 18.0 Å². The number of amides is 2. The minimum atomic E-state index is -0.551. The third kappa shape index (κ3) is 3.49. The number of carbonyl (C=O) groups excluding carboxylic acids is 2. The van der Waals surface area contributed by atoms with Crippen LogP contribution in [0.15, 0.2) is 42.5 Å². The highest BCUT2D eigenvalue weighted by Crippen LogP contribution is 2.26. The molecule has 5 heteroatoms. The van der Waals surface area contributed by atoms with Gasteiger partial charge in [-0.1, -0.05) is 42.5 Å². The Hall–Kier alpha value is -2.14. The molecule has 1 aliphatic rings. The van der Waals surface area contributed by atoms with Gasteiger partial charge < -0.3 is 10.6 Å². The Morgan fingerprint density at radius 1 is 1.38 bits per heavy atom. The lowest BCUT2D eigenvalue weighted by Gasteiger charge is -2.29. The quantitative estimate of drug-likeness (QED) is 0.811. The van der Waals surface area contributed by atoms with Crippen molar-refractivity contribution in [2.24, 2.45) is 5.73 Å². The van der Waals surface area contributed by atoms with E-state index in [0.717, 1.165) is 12.0 Å². The highest BCUT2D eigenvalue weighted by molar-refractivity contribution is 5.86. The third-order valence-electron chi connectivity index (χ3n) is 3.81. The van der Waals surface area contributed by atoms with Crippen molar-refractivity contribution >= 4 is 11.8 Å². The lowest BCUT2D eigenvalue weighted by Crippen LogP contribution is -2.50. The maximum Gasteiger partial charge on any atom is 0.243 e. The van der Waals surface area contributed by atoms with Crippen LogP contribution < -0.4 is 11.1 Å². The molecule has 1 aliphatic heterocycles. The Morgan fingerprint density at radius 2 is 2.05 bits per heavy atom. The summed E-state index contributed by atoms with van der Waals surface area (Å²) in [4.78, 5) is 25.4. The van der Waals surface area contributed by atoms with Gasteiger partial charge in [-0.15, -0.1) is 0 Å². The Bertz CT molecular complexity index is 542. The van der Waals surface area contributed by atoms with Crippen LogP contribution in [0.4, 0.5) is 0 Å². The Balaban J connectivity index is 2.16. The first-order valence-corrected chi connectivity index (χ1v) is 7.04. The van der Waals surface area contributed by atoms with Gasteiger partial charge in [0.15, 0.2) is 0 Å². The van der Waals surface area contributed by atoms with Crippen LogP contribution in [0.5, 0.6) is 0 Å². The summed E-state index contributed by atoms with van der Waals surface area (Å²) in [5, 5.41) is 2.96. The van der Waals surface area contributed by atoms with Crippen molar-refractivity contribution in [2.75, 3.05) is 7.05 Å². The molecule has 0 radical (unpaired) electrons. The van der Waals surface area contributed by atoms with E-state index >= 15 is 0 Å². The number of hydrogen-bond acceptors (Lipinski definition) is 3. The fraction of sp³-hybridized carbons (Fsp3) is 0.375. The molecule has 0 unspecified atom stereocenters. The van der Waals surface area contributed by atoms with Crippen molar-refractivity contribution in [1.29, 1.82) is 0 Å². The molecule has 2 rings (SSSR count). The van der Waals surface area contributed by atoms with Gasteiger partial charge in [-0.25, -0.2) is 0 Å². The van der Waals surface area contributed by atoms with E-state index in [2.05, 4.69) is 5.32 Å². The van der Waals surface area contributed by atoms with Crippen molar-refractivity contribution in [3.63, 3.8) is 0 Å². The van der Waals surface area contributed by atoms with Gasteiger partial charge in [-0.3, -0.25) is 14.9 Å². The first-order chi connectivity index (χ1) is 10.0. The van der Waals surface area contributed by atoms with Crippen LogP contribution in [0.1, 0.15) is 24.9 Å². The molecule has 1 aromatic rings.